The standard InChI is InChI=1S/C13H25NO2/c1-10(2)7-9-16-12(15)13(3)8-5-4-6-11(13)14/h10-11H,4-9,14H2,1-3H3. The highest BCUT2D eigenvalue weighted by Crippen LogP contribution is 2.36. The fourth-order valence-electron chi connectivity index (χ4n) is 2.17. The molecule has 3 heteroatoms. The van der Waals surface area contributed by atoms with E-state index in [2.05, 4.69) is 13.8 Å². The summed E-state index contributed by atoms with van der Waals surface area (Å²) in [5, 5.41) is 0. The van der Waals surface area contributed by atoms with Crippen molar-refractivity contribution < 1.29 is 9.53 Å². The number of carbonyl (C=O) groups excluding carboxylic acids is 1. The second-order valence-electron chi connectivity index (χ2n) is 5.59. The average Bonchev–Trinajstić information content (AvgIpc) is 2.22. The summed E-state index contributed by atoms with van der Waals surface area (Å²) in [6, 6.07) is -0.0344. The van der Waals surface area contributed by atoms with Crippen LogP contribution >= 0.6 is 0 Å². The molecule has 1 saturated carbocycles. The molecule has 2 N–H and O–H groups in total. The van der Waals surface area contributed by atoms with Gasteiger partial charge in [-0.25, -0.2) is 0 Å². The van der Waals surface area contributed by atoms with Crippen LogP contribution in [0.5, 0.6) is 0 Å². The van der Waals surface area contributed by atoms with Crippen molar-refractivity contribution in [3.8, 4) is 0 Å². The summed E-state index contributed by atoms with van der Waals surface area (Å²) >= 11 is 0. The number of carbonyl (C=O) groups is 1. The number of rotatable bonds is 4. The van der Waals surface area contributed by atoms with E-state index in [0.29, 0.717) is 12.5 Å². The van der Waals surface area contributed by atoms with Gasteiger partial charge in [-0.2, -0.15) is 0 Å². The van der Waals surface area contributed by atoms with E-state index in [0.717, 1.165) is 32.1 Å². The molecule has 94 valence electrons. The third-order valence-electron chi connectivity index (χ3n) is 3.67. The minimum Gasteiger partial charge on any atom is -0.465 e. The predicted molar refractivity (Wildman–Crippen MR) is 65.0 cm³/mol. The molecule has 1 rings (SSSR count). The molecule has 1 aliphatic rings. The smallest absolute Gasteiger partial charge is 0.313 e. The zero-order valence-corrected chi connectivity index (χ0v) is 10.8. The number of hydrogen-bond acceptors (Lipinski definition) is 3. The molecule has 0 aliphatic heterocycles. The van der Waals surface area contributed by atoms with E-state index in [4.69, 9.17) is 10.5 Å². The first-order valence-electron chi connectivity index (χ1n) is 6.39. The monoisotopic (exact) mass is 227 g/mol. The molecule has 1 fully saturated rings. The first kappa shape index (κ1) is 13.5. The molecule has 0 heterocycles. The Morgan fingerprint density at radius 1 is 1.50 bits per heavy atom. The Bertz CT molecular complexity index is 240. The van der Waals surface area contributed by atoms with Gasteiger partial charge in [-0.1, -0.05) is 26.7 Å². The molecule has 3 nitrogen and oxygen atoms in total. The number of hydrogen-bond donors (Lipinski definition) is 1. The van der Waals surface area contributed by atoms with Crippen LogP contribution in [0.2, 0.25) is 0 Å². The molecule has 0 bridgehead atoms. The van der Waals surface area contributed by atoms with E-state index in [9.17, 15) is 4.79 Å². The van der Waals surface area contributed by atoms with Gasteiger partial charge in [-0.05, 0) is 32.1 Å². The van der Waals surface area contributed by atoms with Crippen LogP contribution in [0.1, 0.15) is 52.9 Å². The van der Waals surface area contributed by atoms with Crippen LogP contribution in [0.4, 0.5) is 0 Å². The Balaban J connectivity index is 2.44. The van der Waals surface area contributed by atoms with Gasteiger partial charge >= 0.3 is 5.97 Å². The summed E-state index contributed by atoms with van der Waals surface area (Å²) in [4.78, 5) is 12.0. The van der Waals surface area contributed by atoms with Crippen molar-refractivity contribution in [2.45, 2.75) is 58.9 Å². The first-order valence-corrected chi connectivity index (χ1v) is 6.39. The first-order chi connectivity index (χ1) is 7.47. The second kappa shape index (κ2) is 5.67. The molecule has 0 aromatic heterocycles. The highest BCUT2D eigenvalue weighted by atomic mass is 16.5. The van der Waals surface area contributed by atoms with Gasteiger partial charge in [0.1, 0.15) is 0 Å². The lowest BCUT2D eigenvalue weighted by molar-refractivity contribution is -0.158. The lowest BCUT2D eigenvalue weighted by atomic mass is 9.72. The Morgan fingerprint density at radius 2 is 2.19 bits per heavy atom. The Morgan fingerprint density at radius 3 is 2.75 bits per heavy atom. The average molecular weight is 227 g/mol. The van der Waals surface area contributed by atoms with Gasteiger partial charge in [0.15, 0.2) is 0 Å². The van der Waals surface area contributed by atoms with Crippen LogP contribution in [0.25, 0.3) is 0 Å². The van der Waals surface area contributed by atoms with E-state index in [-0.39, 0.29) is 12.0 Å². The largest absolute Gasteiger partial charge is 0.465 e. The van der Waals surface area contributed by atoms with Crippen molar-refractivity contribution in [3.63, 3.8) is 0 Å². The van der Waals surface area contributed by atoms with Gasteiger partial charge in [-0.15, -0.1) is 0 Å². The SMILES string of the molecule is CC(C)CCOC(=O)C1(C)CCCCC1N. The maximum atomic E-state index is 12.0. The third kappa shape index (κ3) is 3.21. The molecule has 0 spiro atoms. The van der Waals surface area contributed by atoms with E-state index < -0.39 is 5.41 Å². The van der Waals surface area contributed by atoms with Crippen LogP contribution < -0.4 is 5.73 Å². The van der Waals surface area contributed by atoms with E-state index in [1.54, 1.807) is 0 Å². The van der Waals surface area contributed by atoms with Gasteiger partial charge < -0.3 is 10.5 Å². The van der Waals surface area contributed by atoms with Crippen LogP contribution in [0.3, 0.4) is 0 Å². The summed E-state index contributed by atoms with van der Waals surface area (Å²) < 4.78 is 5.35. The maximum Gasteiger partial charge on any atom is 0.313 e. The molecular weight excluding hydrogens is 202 g/mol. The number of ether oxygens (including phenoxy) is 1. The molecule has 0 aromatic rings. The number of esters is 1. The zero-order chi connectivity index (χ0) is 12.2. The normalized spacial score (nSPS) is 30.4. The zero-order valence-electron chi connectivity index (χ0n) is 10.8. The van der Waals surface area contributed by atoms with Crippen molar-refractivity contribution in [3.05, 3.63) is 0 Å². The molecule has 2 unspecified atom stereocenters. The molecule has 0 aromatic carbocycles. The van der Waals surface area contributed by atoms with E-state index in [1.165, 1.54) is 0 Å². The van der Waals surface area contributed by atoms with Crippen molar-refractivity contribution >= 4 is 5.97 Å². The predicted octanol–water partition coefficient (Wildman–Crippen LogP) is 2.48. The summed E-state index contributed by atoms with van der Waals surface area (Å²) in [7, 11) is 0. The maximum absolute atomic E-state index is 12.0. The van der Waals surface area contributed by atoms with Gasteiger partial charge in [0.05, 0.1) is 12.0 Å². The molecule has 16 heavy (non-hydrogen) atoms. The highest BCUT2D eigenvalue weighted by Gasteiger charge is 2.42. The van der Waals surface area contributed by atoms with E-state index in [1.807, 2.05) is 6.92 Å². The fraction of sp³-hybridized carbons (Fsp3) is 0.923. The molecule has 1 aliphatic carbocycles. The molecule has 0 radical (unpaired) electrons. The molecule has 0 amide bonds. The van der Waals surface area contributed by atoms with Gasteiger partial charge in [0.25, 0.3) is 0 Å². The lowest BCUT2D eigenvalue weighted by Gasteiger charge is -2.36. The van der Waals surface area contributed by atoms with Crippen molar-refractivity contribution in [1.82, 2.24) is 0 Å². The fourth-order valence-corrected chi connectivity index (χ4v) is 2.17. The lowest BCUT2D eigenvalue weighted by Crippen LogP contribution is -2.48. The Hall–Kier alpha value is -0.570. The third-order valence-corrected chi connectivity index (χ3v) is 3.67. The van der Waals surface area contributed by atoms with Gasteiger partial charge in [0.2, 0.25) is 0 Å². The Kier molecular flexibility index (Phi) is 4.78. The van der Waals surface area contributed by atoms with E-state index >= 15 is 0 Å². The molecular formula is C13H25NO2. The highest BCUT2D eigenvalue weighted by molar-refractivity contribution is 5.77. The topological polar surface area (TPSA) is 52.3 Å². The summed E-state index contributed by atoms with van der Waals surface area (Å²) in [6.45, 7) is 6.73. The second-order valence-corrected chi connectivity index (χ2v) is 5.59. The van der Waals surface area contributed by atoms with Crippen LogP contribution in [-0.4, -0.2) is 18.6 Å². The minimum absolute atomic E-state index is 0.0344. The van der Waals surface area contributed by atoms with Gasteiger partial charge in [0, 0.05) is 6.04 Å². The molecule has 2 atom stereocenters. The summed E-state index contributed by atoms with van der Waals surface area (Å²) in [5.74, 6) is 0.473. The van der Waals surface area contributed by atoms with Crippen molar-refractivity contribution in [2.24, 2.45) is 17.1 Å². The van der Waals surface area contributed by atoms with Gasteiger partial charge in [-0.3, -0.25) is 4.79 Å². The minimum atomic E-state index is -0.449. The van der Waals surface area contributed by atoms with Crippen molar-refractivity contribution in [1.29, 1.82) is 0 Å². The number of nitrogens with two attached hydrogens (primary N) is 1. The summed E-state index contributed by atoms with van der Waals surface area (Å²) in [6.07, 6.45) is 4.96. The van der Waals surface area contributed by atoms with Crippen LogP contribution in [-0.2, 0) is 9.53 Å². The molecule has 0 saturated heterocycles. The van der Waals surface area contributed by atoms with Crippen molar-refractivity contribution in [2.75, 3.05) is 6.61 Å². The Labute approximate surface area is 98.7 Å². The van der Waals surface area contributed by atoms with Crippen LogP contribution in [0, 0.1) is 11.3 Å². The van der Waals surface area contributed by atoms with Crippen LogP contribution in [0.15, 0.2) is 0 Å². The quantitative estimate of drug-likeness (QED) is 0.751. The summed E-state index contributed by atoms with van der Waals surface area (Å²) in [5.41, 5.74) is 5.60.